The van der Waals surface area contributed by atoms with E-state index in [0.29, 0.717) is 5.75 Å². The van der Waals surface area contributed by atoms with Crippen molar-refractivity contribution in [2.24, 2.45) is 0 Å². The van der Waals surface area contributed by atoms with Crippen LogP contribution in [0, 0.1) is 0 Å². The molecular weight excluding hydrogens is 450 g/mol. The summed E-state index contributed by atoms with van der Waals surface area (Å²) in [7, 11) is -3.12. The van der Waals surface area contributed by atoms with Crippen molar-refractivity contribution in [2.75, 3.05) is 0 Å². The highest BCUT2D eigenvalue weighted by atomic mass is 31.2. The summed E-state index contributed by atoms with van der Waals surface area (Å²) in [6.45, 7) is 19.4. The SMILES string of the molecule is CC(C)[P+](C(C)C)(C(C)C)C(C)C.[O-]B([O-])Oc1cccc2ccc3cc4ccccc4cc3c12. The zero-order valence-electron chi connectivity index (χ0n) is 22.4. The Kier molecular flexibility index (Phi) is 8.86. The van der Waals surface area contributed by atoms with E-state index in [1.165, 1.54) is 0 Å². The van der Waals surface area contributed by atoms with E-state index in [1.807, 2.05) is 36.4 Å². The predicted molar refractivity (Wildman–Crippen MR) is 153 cm³/mol. The third kappa shape index (κ3) is 5.51. The van der Waals surface area contributed by atoms with Gasteiger partial charge in [0.2, 0.25) is 0 Å². The third-order valence-corrected chi connectivity index (χ3v) is 14.6. The van der Waals surface area contributed by atoms with Crippen LogP contribution in [-0.2, 0) is 0 Å². The van der Waals surface area contributed by atoms with Crippen LogP contribution in [0.1, 0.15) is 55.4 Å². The van der Waals surface area contributed by atoms with Gasteiger partial charge in [0.25, 0.3) is 0 Å². The Morgan fingerprint density at radius 3 is 1.57 bits per heavy atom. The van der Waals surface area contributed by atoms with Crippen LogP contribution in [0.3, 0.4) is 0 Å². The Bertz CT molecular complexity index is 1240. The van der Waals surface area contributed by atoms with E-state index in [1.54, 1.807) is 12.1 Å². The van der Waals surface area contributed by atoms with E-state index in [9.17, 15) is 10.0 Å². The van der Waals surface area contributed by atoms with Crippen LogP contribution in [0.4, 0.5) is 0 Å². The van der Waals surface area contributed by atoms with Crippen molar-refractivity contribution < 1.29 is 14.7 Å². The second-order valence-corrected chi connectivity index (χ2v) is 16.4. The molecule has 4 aromatic carbocycles. The molecule has 0 unspecified atom stereocenters. The number of hydrogen-bond donors (Lipinski definition) is 0. The smallest absolute Gasteiger partial charge is 0.133 e. The maximum atomic E-state index is 10.9. The van der Waals surface area contributed by atoms with Gasteiger partial charge in [0.1, 0.15) is 13.1 Å². The van der Waals surface area contributed by atoms with Gasteiger partial charge in [0, 0.05) is 12.6 Å². The second-order valence-electron chi connectivity index (χ2n) is 10.5. The lowest BCUT2D eigenvalue weighted by Gasteiger charge is -2.41. The molecule has 0 radical (unpaired) electrons. The van der Waals surface area contributed by atoms with Crippen molar-refractivity contribution in [1.29, 1.82) is 0 Å². The summed E-state index contributed by atoms with van der Waals surface area (Å²) in [5, 5.41) is 27.9. The predicted octanol–water partition coefficient (Wildman–Crippen LogP) is 6.87. The van der Waals surface area contributed by atoms with Gasteiger partial charge in [0.15, 0.2) is 0 Å². The Morgan fingerprint density at radius 1 is 0.600 bits per heavy atom. The lowest BCUT2D eigenvalue weighted by molar-refractivity contribution is -0.372. The fourth-order valence-electron chi connectivity index (χ4n) is 6.55. The van der Waals surface area contributed by atoms with Crippen molar-refractivity contribution in [3.8, 4) is 5.75 Å². The van der Waals surface area contributed by atoms with Gasteiger partial charge in [-0.05, 0) is 101 Å². The van der Waals surface area contributed by atoms with Gasteiger partial charge in [0.05, 0.1) is 22.6 Å². The van der Waals surface area contributed by atoms with Crippen LogP contribution >= 0.6 is 7.26 Å². The summed E-state index contributed by atoms with van der Waals surface area (Å²) in [4.78, 5) is 0. The molecule has 186 valence electrons. The first-order valence-electron chi connectivity index (χ1n) is 12.7. The fourth-order valence-corrected chi connectivity index (χ4v) is 13.7. The van der Waals surface area contributed by atoms with Crippen molar-refractivity contribution >= 4 is 46.9 Å². The summed E-state index contributed by atoms with van der Waals surface area (Å²) in [5.41, 5.74) is 3.53. The van der Waals surface area contributed by atoms with Crippen LogP contribution in [0.15, 0.2) is 66.7 Å². The molecule has 0 aliphatic carbocycles. The number of fused-ring (bicyclic) bond motifs is 4. The Labute approximate surface area is 212 Å². The van der Waals surface area contributed by atoms with E-state index in [0.717, 1.165) is 55.0 Å². The maximum Gasteiger partial charge on any atom is 0.133 e. The van der Waals surface area contributed by atoms with Gasteiger partial charge >= 0.3 is 0 Å². The van der Waals surface area contributed by atoms with Crippen molar-refractivity contribution in [1.82, 2.24) is 0 Å². The summed E-state index contributed by atoms with van der Waals surface area (Å²) < 4.78 is 4.94. The molecule has 0 saturated carbocycles. The van der Waals surface area contributed by atoms with Crippen LogP contribution in [0.25, 0.3) is 32.3 Å². The molecule has 0 amide bonds. The first-order chi connectivity index (χ1) is 16.5. The van der Waals surface area contributed by atoms with E-state index < -0.39 is 14.6 Å². The summed E-state index contributed by atoms with van der Waals surface area (Å²) in [5.74, 6) is 0.341. The first-order valence-corrected chi connectivity index (χ1v) is 14.8. The van der Waals surface area contributed by atoms with Crippen LogP contribution < -0.4 is 14.7 Å². The molecule has 4 aromatic rings. The van der Waals surface area contributed by atoms with E-state index in [4.69, 9.17) is 4.65 Å². The molecule has 0 bridgehead atoms. The van der Waals surface area contributed by atoms with E-state index in [2.05, 4.69) is 73.6 Å². The van der Waals surface area contributed by atoms with Gasteiger partial charge in [-0.2, -0.15) is 0 Å². The molecular formula is C30H39BO3P-. The molecule has 4 rings (SSSR count). The monoisotopic (exact) mass is 489 g/mol. The van der Waals surface area contributed by atoms with Gasteiger partial charge in [-0.3, -0.25) is 0 Å². The minimum absolute atomic E-state index is 0.341. The molecule has 35 heavy (non-hydrogen) atoms. The molecule has 0 spiro atoms. The van der Waals surface area contributed by atoms with Crippen molar-refractivity contribution in [3.05, 3.63) is 66.7 Å². The Hall–Kier alpha value is -2.13. The van der Waals surface area contributed by atoms with Crippen LogP contribution in [0.2, 0.25) is 0 Å². The molecule has 0 saturated heterocycles. The summed E-state index contributed by atoms with van der Waals surface area (Å²) >= 11 is 0. The van der Waals surface area contributed by atoms with Crippen LogP contribution in [-0.4, -0.2) is 30.0 Å². The minimum atomic E-state index is -2.33. The van der Waals surface area contributed by atoms with Crippen molar-refractivity contribution in [2.45, 2.75) is 78.0 Å². The molecule has 0 heterocycles. The average Bonchev–Trinajstić information content (AvgIpc) is 2.77. The Morgan fingerprint density at radius 2 is 1.09 bits per heavy atom. The summed E-state index contributed by atoms with van der Waals surface area (Å²) in [6, 6.07) is 21.7. The zero-order valence-corrected chi connectivity index (χ0v) is 23.3. The van der Waals surface area contributed by atoms with Gasteiger partial charge < -0.3 is 14.7 Å². The average molecular weight is 489 g/mol. The molecule has 5 heteroatoms. The van der Waals surface area contributed by atoms with Crippen LogP contribution in [0.5, 0.6) is 5.75 Å². The van der Waals surface area contributed by atoms with Crippen molar-refractivity contribution in [3.63, 3.8) is 0 Å². The van der Waals surface area contributed by atoms with Gasteiger partial charge in [-0.1, -0.05) is 48.5 Å². The normalized spacial score (nSPS) is 12.2. The molecule has 3 nitrogen and oxygen atoms in total. The molecule has 0 N–H and O–H groups in total. The lowest BCUT2D eigenvalue weighted by Crippen LogP contribution is -2.50. The molecule has 0 fully saturated rings. The highest BCUT2D eigenvalue weighted by Crippen LogP contribution is 2.73. The number of hydrogen-bond acceptors (Lipinski definition) is 3. The van der Waals surface area contributed by atoms with Gasteiger partial charge in [-0.15, -0.1) is 0 Å². The fraction of sp³-hybridized carbons (Fsp3) is 0.400. The molecule has 0 aliphatic heterocycles. The highest BCUT2D eigenvalue weighted by Gasteiger charge is 2.49. The molecule has 0 aliphatic rings. The first kappa shape index (κ1) is 27.5. The topological polar surface area (TPSA) is 55.3 Å². The zero-order chi connectivity index (χ0) is 25.9. The molecule has 0 aromatic heterocycles. The number of rotatable bonds is 6. The highest BCUT2D eigenvalue weighted by molar-refractivity contribution is 7.78. The van der Waals surface area contributed by atoms with Gasteiger partial charge in [-0.25, -0.2) is 0 Å². The van der Waals surface area contributed by atoms with E-state index in [-0.39, 0.29) is 0 Å². The maximum absolute atomic E-state index is 10.9. The second kappa shape index (κ2) is 11.3. The quantitative estimate of drug-likeness (QED) is 0.129. The number of benzene rings is 4. The summed E-state index contributed by atoms with van der Waals surface area (Å²) in [6.07, 6.45) is 0. The largest absolute Gasteiger partial charge is 0.860 e. The third-order valence-electron chi connectivity index (χ3n) is 7.49. The Balaban J connectivity index is 0.000000228. The molecule has 0 atom stereocenters. The minimum Gasteiger partial charge on any atom is -0.860 e. The van der Waals surface area contributed by atoms with E-state index >= 15 is 0 Å². The standard InChI is InChI=1S/C18H11BO3.C12H28P/c20-19(21)22-17-7-3-6-12-8-9-15-10-13-4-1-2-5-14(13)11-16(15)18(12)17;1-9(2)13(10(3)4,11(5)6)12(7)8/h1-11H;9-12H,1-8H3/q-2;+1. The lowest BCUT2D eigenvalue weighted by atomic mass is 9.97.